The Bertz CT molecular complexity index is 107. The van der Waals surface area contributed by atoms with E-state index in [0.29, 0.717) is 0 Å². The van der Waals surface area contributed by atoms with Gasteiger partial charge in [0.2, 0.25) is 0 Å². The minimum Gasteiger partial charge on any atom is -0.292 e. The van der Waals surface area contributed by atoms with Gasteiger partial charge in [-0.2, -0.15) is 0 Å². The lowest BCUT2D eigenvalue weighted by Gasteiger charge is -2.23. The van der Waals surface area contributed by atoms with E-state index >= 15 is 0 Å². The molecule has 0 aromatic rings. The van der Waals surface area contributed by atoms with Crippen molar-refractivity contribution < 1.29 is 0 Å². The molecular formula is C10H19N. The first-order valence-electron chi connectivity index (χ1n) is 4.59. The van der Waals surface area contributed by atoms with Gasteiger partial charge in [-0.3, -0.25) is 4.90 Å². The molecule has 1 saturated heterocycles. The highest BCUT2D eigenvalue weighted by Crippen LogP contribution is 2.06. The van der Waals surface area contributed by atoms with E-state index in [4.69, 9.17) is 6.42 Å². The van der Waals surface area contributed by atoms with Crippen LogP contribution in [0.15, 0.2) is 0 Å². The first-order chi connectivity index (χ1) is 5.43. The van der Waals surface area contributed by atoms with Gasteiger partial charge < -0.3 is 0 Å². The molecule has 11 heavy (non-hydrogen) atoms. The highest BCUT2D eigenvalue weighted by Gasteiger charge is 2.06. The first kappa shape index (κ1) is 10.5. The number of nitrogens with zero attached hydrogens (tertiary/aromatic N) is 1. The van der Waals surface area contributed by atoms with Crippen molar-refractivity contribution in [2.24, 2.45) is 0 Å². The molecule has 0 aromatic heterocycles. The van der Waals surface area contributed by atoms with Gasteiger partial charge in [-0.1, -0.05) is 26.2 Å². The first-order valence-corrected chi connectivity index (χ1v) is 4.59. The number of terminal acetylenes is 1. The van der Waals surface area contributed by atoms with E-state index < -0.39 is 0 Å². The van der Waals surface area contributed by atoms with Gasteiger partial charge in [0.25, 0.3) is 0 Å². The highest BCUT2D eigenvalue weighted by atomic mass is 15.1. The lowest BCUT2D eigenvalue weighted by molar-refractivity contribution is 0.255. The van der Waals surface area contributed by atoms with Crippen molar-refractivity contribution in [3.8, 4) is 12.3 Å². The van der Waals surface area contributed by atoms with Crippen molar-refractivity contribution in [1.29, 1.82) is 0 Å². The molecule has 0 spiro atoms. The van der Waals surface area contributed by atoms with E-state index in [1.54, 1.807) is 0 Å². The molecule has 0 radical (unpaired) electrons. The predicted octanol–water partition coefficient (Wildman–Crippen LogP) is 2.13. The summed E-state index contributed by atoms with van der Waals surface area (Å²) in [6.45, 7) is 7.27. The molecule has 0 aromatic carbocycles. The standard InChI is InChI=1S/C8H13N.C2H6/c1-2-6-9-7-4-3-5-8-9;1-2/h1H,3-8H2;1-2H3. The summed E-state index contributed by atoms with van der Waals surface area (Å²) in [5, 5.41) is 0. The third kappa shape index (κ3) is 4.86. The lowest BCUT2D eigenvalue weighted by Crippen LogP contribution is -2.29. The summed E-state index contributed by atoms with van der Waals surface area (Å²) in [4.78, 5) is 2.34. The zero-order valence-corrected chi connectivity index (χ0v) is 7.77. The van der Waals surface area contributed by atoms with Crippen molar-refractivity contribution >= 4 is 0 Å². The quantitative estimate of drug-likeness (QED) is 0.522. The Morgan fingerprint density at radius 1 is 1.18 bits per heavy atom. The van der Waals surface area contributed by atoms with Crippen LogP contribution in [0.4, 0.5) is 0 Å². The molecule has 1 heteroatoms. The third-order valence-corrected chi connectivity index (χ3v) is 1.76. The van der Waals surface area contributed by atoms with Crippen LogP contribution in [0.5, 0.6) is 0 Å². The SMILES string of the molecule is C#CCN1CCCCC1.CC. The Morgan fingerprint density at radius 3 is 2.18 bits per heavy atom. The summed E-state index contributed by atoms with van der Waals surface area (Å²) in [6.07, 6.45) is 9.23. The van der Waals surface area contributed by atoms with E-state index in [1.165, 1.54) is 32.4 Å². The van der Waals surface area contributed by atoms with Crippen molar-refractivity contribution in [2.45, 2.75) is 33.1 Å². The molecule has 0 saturated carbocycles. The minimum absolute atomic E-state index is 0.847. The van der Waals surface area contributed by atoms with Crippen LogP contribution in [0.2, 0.25) is 0 Å². The molecule has 64 valence electrons. The van der Waals surface area contributed by atoms with Gasteiger partial charge in [0.1, 0.15) is 0 Å². The number of hydrogen-bond acceptors (Lipinski definition) is 1. The third-order valence-electron chi connectivity index (χ3n) is 1.76. The van der Waals surface area contributed by atoms with Crippen LogP contribution in [-0.4, -0.2) is 24.5 Å². The molecular weight excluding hydrogens is 134 g/mol. The Kier molecular flexibility index (Phi) is 7.29. The van der Waals surface area contributed by atoms with Crippen LogP contribution in [0, 0.1) is 12.3 Å². The van der Waals surface area contributed by atoms with Crippen molar-refractivity contribution in [3.05, 3.63) is 0 Å². The van der Waals surface area contributed by atoms with E-state index in [-0.39, 0.29) is 0 Å². The number of rotatable bonds is 1. The maximum absolute atomic E-state index is 5.17. The van der Waals surface area contributed by atoms with E-state index in [2.05, 4.69) is 10.8 Å². The van der Waals surface area contributed by atoms with Gasteiger partial charge in [0, 0.05) is 0 Å². The van der Waals surface area contributed by atoms with Gasteiger partial charge in [-0.05, 0) is 25.9 Å². The van der Waals surface area contributed by atoms with Gasteiger partial charge in [-0.15, -0.1) is 6.42 Å². The van der Waals surface area contributed by atoms with Crippen LogP contribution in [0.3, 0.4) is 0 Å². The summed E-state index contributed by atoms with van der Waals surface area (Å²) in [5.74, 6) is 2.66. The highest BCUT2D eigenvalue weighted by molar-refractivity contribution is 4.88. The average Bonchev–Trinajstić information content (AvgIpc) is 2.11. The van der Waals surface area contributed by atoms with Crippen molar-refractivity contribution in [1.82, 2.24) is 4.90 Å². The zero-order chi connectivity index (χ0) is 8.53. The summed E-state index contributed by atoms with van der Waals surface area (Å²) >= 11 is 0. The van der Waals surface area contributed by atoms with E-state index in [1.807, 2.05) is 13.8 Å². The number of hydrogen-bond donors (Lipinski definition) is 0. The molecule has 1 aliphatic rings. The smallest absolute Gasteiger partial charge is 0.0598 e. The van der Waals surface area contributed by atoms with Crippen LogP contribution in [-0.2, 0) is 0 Å². The molecule has 1 rings (SSSR count). The second-order valence-corrected chi connectivity index (χ2v) is 2.54. The van der Waals surface area contributed by atoms with E-state index in [9.17, 15) is 0 Å². The second-order valence-electron chi connectivity index (χ2n) is 2.54. The van der Waals surface area contributed by atoms with E-state index in [0.717, 1.165) is 6.54 Å². The van der Waals surface area contributed by atoms with Crippen molar-refractivity contribution in [2.75, 3.05) is 19.6 Å². The normalized spacial score (nSPS) is 17.9. The summed E-state index contributed by atoms with van der Waals surface area (Å²) in [5.41, 5.74) is 0. The molecule has 1 nitrogen and oxygen atoms in total. The number of piperidine rings is 1. The molecule has 0 atom stereocenters. The Hall–Kier alpha value is -0.480. The largest absolute Gasteiger partial charge is 0.292 e. The summed E-state index contributed by atoms with van der Waals surface area (Å²) in [6, 6.07) is 0. The van der Waals surface area contributed by atoms with Gasteiger partial charge >= 0.3 is 0 Å². The second kappa shape index (κ2) is 7.63. The fourth-order valence-electron chi connectivity index (χ4n) is 1.25. The van der Waals surface area contributed by atoms with Crippen molar-refractivity contribution in [3.63, 3.8) is 0 Å². The van der Waals surface area contributed by atoms with Crippen LogP contribution < -0.4 is 0 Å². The van der Waals surface area contributed by atoms with Gasteiger partial charge in [0.05, 0.1) is 6.54 Å². The Labute approximate surface area is 70.8 Å². The predicted molar refractivity (Wildman–Crippen MR) is 50.5 cm³/mol. The Balaban J connectivity index is 0.000000461. The average molecular weight is 153 g/mol. The molecule has 0 amide bonds. The fraction of sp³-hybridized carbons (Fsp3) is 0.800. The van der Waals surface area contributed by atoms with Crippen LogP contribution in [0.25, 0.3) is 0 Å². The molecule has 0 N–H and O–H groups in total. The fourth-order valence-corrected chi connectivity index (χ4v) is 1.25. The molecule has 0 bridgehead atoms. The van der Waals surface area contributed by atoms with Gasteiger partial charge in [-0.25, -0.2) is 0 Å². The topological polar surface area (TPSA) is 3.24 Å². The molecule has 0 unspecified atom stereocenters. The minimum atomic E-state index is 0.847. The van der Waals surface area contributed by atoms with Crippen LogP contribution >= 0.6 is 0 Å². The molecule has 0 aliphatic carbocycles. The monoisotopic (exact) mass is 153 g/mol. The number of likely N-dealkylation sites (tertiary alicyclic amines) is 1. The maximum Gasteiger partial charge on any atom is 0.0598 e. The summed E-state index contributed by atoms with van der Waals surface area (Å²) in [7, 11) is 0. The summed E-state index contributed by atoms with van der Waals surface area (Å²) < 4.78 is 0. The maximum atomic E-state index is 5.17. The molecule has 1 aliphatic heterocycles. The lowest BCUT2D eigenvalue weighted by atomic mass is 10.1. The molecule has 1 heterocycles. The Morgan fingerprint density at radius 2 is 1.73 bits per heavy atom. The molecule has 1 fully saturated rings. The van der Waals surface area contributed by atoms with Gasteiger partial charge in [0.15, 0.2) is 0 Å². The van der Waals surface area contributed by atoms with Crippen LogP contribution in [0.1, 0.15) is 33.1 Å². The zero-order valence-electron chi connectivity index (χ0n) is 7.77.